The first-order valence-electron chi connectivity index (χ1n) is 10.8. The van der Waals surface area contributed by atoms with Gasteiger partial charge >= 0.3 is 12.4 Å². The third-order valence-electron chi connectivity index (χ3n) is 5.69. The number of carbonyl (C=O) groups excluding carboxylic acids is 1. The molecule has 17 heteroatoms. The molecule has 1 aliphatic rings. The van der Waals surface area contributed by atoms with Gasteiger partial charge in [-0.1, -0.05) is 16.8 Å². The van der Waals surface area contributed by atoms with Crippen LogP contribution in [-0.2, 0) is 17.1 Å². The van der Waals surface area contributed by atoms with Gasteiger partial charge in [-0.05, 0) is 24.3 Å². The number of rotatable bonds is 5. The van der Waals surface area contributed by atoms with Crippen LogP contribution in [0.2, 0.25) is 5.02 Å². The number of imidazole rings is 1. The zero-order valence-electron chi connectivity index (χ0n) is 19.0. The van der Waals surface area contributed by atoms with Crippen molar-refractivity contribution < 1.29 is 50.6 Å². The molecule has 5 rings (SSSR count). The highest BCUT2D eigenvalue weighted by molar-refractivity contribution is 6.33. The van der Waals surface area contributed by atoms with Crippen molar-refractivity contribution >= 4 is 23.2 Å². The number of nitrogens with zero attached hydrogens (tertiary/aromatic N) is 4. The van der Waals surface area contributed by atoms with Crippen LogP contribution in [0.25, 0.3) is 28.6 Å². The van der Waals surface area contributed by atoms with Crippen molar-refractivity contribution in [1.29, 1.82) is 0 Å². The number of aliphatic hydroxyl groups is 2. The lowest BCUT2D eigenvalue weighted by Gasteiger charge is -2.17. The maximum atomic E-state index is 13.8. The summed E-state index contributed by atoms with van der Waals surface area (Å²) in [6.45, 7) is -0.478. The number of ether oxygens (including phenoxy) is 1. The normalized spacial score (nSPS) is 17.6. The molecule has 1 atom stereocenters. The van der Waals surface area contributed by atoms with E-state index in [1.54, 1.807) is 0 Å². The van der Waals surface area contributed by atoms with Crippen molar-refractivity contribution in [2.75, 3.05) is 6.61 Å². The number of nitrogens with one attached hydrogen (secondary N) is 1. The molecule has 39 heavy (non-hydrogen) atoms. The summed E-state index contributed by atoms with van der Waals surface area (Å²) in [5.74, 6) is -4.92. The molecule has 3 aromatic heterocycles. The largest absolute Gasteiger partial charge is 0.491 e. The van der Waals surface area contributed by atoms with Gasteiger partial charge in [0.05, 0.1) is 22.2 Å². The molecule has 0 bridgehead atoms. The third-order valence-corrected chi connectivity index (χ3v) is 5.97. The number of hydrogen-bond donors (Lipinski definition) is 3. The van der Waals surface area contributed by atoms with Crippen LogP contribution >= 0.6 is 11.6 Å². The van der Waals surface area contributed by atoms with Gasteiger partial charge in [-0.25, -0.2) is 4.98 Å². The van der Waals surface area contributed by atoms with Gasteiger partial charge in [0.15, 0.2) is 5.65 Å². The van der Waals surface area contributed by atoms with Gasteiger partial charge in [0, 0.05) is 24.4 Å². The minimum atomic E-state index is -4.89. The van der Waals surface area contributed by atoms with Crippen LogP contribution in [0.1, 0.15) is 17.5 Å². The van der Waals surface area contributed by atoms with Gasteiger partial charge in [0.1, 0.15) is 18.1 Å². The number of amides is 1. The number of fused-ring (bicyclic) bond motifs is 1. The Balaban J connectivity index is 1.41. The molecule has 0 unspecified atom stereocenters. The maximum Gasteiger partial charge on any atom is 0.419 e. The molecule has 10 nitrogen and oxygen atoms in total. The van der Waals surface area contributed by atoms with Crippen LogP contribution < -0.4 is 10.1 Å². The number of pyridine rings is 1. The molecule has 1 fully saturated rings. The van der Waals surface area contributed by atoms with Crippen LogP contribution in [0.4, 0.5) is 26.3 Å². The van der Waals surface area contributed by atoms with Crippen molar-refractivity contribution in [3.8, 4) is 28.7 Å². The Morgan fingerprint density at radius 1 is 1.13 bits per heavy atom. The fraction of sp³-hybridized carbons (Fsp3) is 0.273. The van der Waals surface area contributed by atoms with E-state index in [0.717, 1.165) is 22.9 Å². The Bertz CT molecular complexity index is 1580. The van der Waals surface area contributed by atoms with E-state index in [4.69, 9.17) is 20.9 Å². The zero-order valence-corrected chi connectivity index (χ0v) is 19.8. The summed E-state index contributed by atoms with van der Waals surface area (Å²) >= 11 is 5.92. The Hall–Kier alpha value is -3.89. The topological polar surface area (TPSA) is 135 Å². The number of hydrogen-bond acceptors (Lipinski definition) is 8. The molecule has 0 spiro atoms. The predicted molar refractivity (Wildman–Crippen MR) is 118 cm³/mol. The lowest BCUT2D eigenvalue weighted by atomic mass is 10.1. The van der Waals surface area contributed by atoms with Crippen molar-refractivity contribution in [1.82, 2.24) is 24.8 Å². The lowest BCUT2D eigenvalue weighted by molar-refractivity contribution is -0.176. The Kier molecular flexibility index (Phi) is 6.23. The number of carbonyl (C=O) groups is 1. The van der Waals surface area contributed by atoms with Crippen LogP contribution in [0.3, 0.4) is 0 Å². The minimum absolute atomic E-state index is 0.0371. The van der Waals surface area contributed by atoms with E-state index in [-0.39, 0.29) is 33.6 Å². The highest BCUT2D eigenvalue weighted by atomic mass is 35.5. The van der Waals surface area contributed by atoms with Gasteiger partial charge in [0.25, 0.3) is 11.8 Å². The Morgan fingerprint density at radius 3 is 2.51 bits per heavy atom. The fourth-order valence-corrected chi connectivity index (χ4v) is 4.11. The second kappa shape index (κ2) is 9.10. The molecular formula is C22H14ClF6N5O5. The monoisotopic (exact) mass is 577 g/mol. The van der Waals surface area contributed by atoms with Crippen molar-refractivity contribution in [3.05, 3.63) is 52.8 Å². The number of alkyl halides is 6. The first-order chi connectivity index (χ1) is 18.1. The van der Waals surface area contributed by atoms with Crippen LogP contribution in [0.5, 0.6) is 5.75 Å². The van der Waals surface area contributed by atoms with E-state index >= 15 is 0 Å². The average Bonchev–Trinajstić information content (AvgIpc) is 3.54. The first-order valence-corrected chi connectivity index (χ1v) is 11.2. The van der Waals surface area contributed by atoms with E-state index in [0.29, 0.717) is 12.1 Å². The third kappa shape index (κ3) is 5.22. The summed E-state index contributed by atoms with van der Waals surface area (Å²) in [5, 5.41) is 24.5. The highest BCUT2D eigenvalue weighted by Crippen LogP contribution is 2.39. The number of halogens is 7. The summed E-state index contributed by atoms with van der Waals surface area (Å²) in [5.41, 5.74) is -2.49. The van der Waals surface area contributed by atoms with E-state index < -0.39 is 60.0 Å². The van der Waals surface area contributed by atoms with Gasteiger partial charge in [-0.15, -0.1) is 0 Å². The predicted octanol–water partition coefficient (Wildman–Crippen LogP) is 3.69. The number of aromatic nitrogens is 4. The molecule has 3 N–H and O–H groups in total. The fourth-order valence-electron chi connectivity index (χ4n) is 3.85. The Morgan fingerprint density at radius 2 is 1.87 bits per heavy atom. The van der Waals surface area contributed by atoms with Gasteiger partial charge < -0.3 is 29.2 Å². The maximum absolute atomic E-state index is 13.8. The molecule has 1 aliphatic heterocycles. The first kappa shape index (κ1) is 26.7. The molecule has 4 heterocycles. The smallest absolute Gasteiger partial charge is 0.419 e. The van der Waals surface area contributed by atoms with Gasteiger partial charge in [-0.3, -0.25) is 4.79 Å². The molecule has 4 aromatic rings. The van der Waals surface area contributed by atoms with E-state index in [1.807, 2.05) is 0 Å². The van der Waals surface area contributed by atoms with Crippen LogP contribution in [-0.4, -0.2) is 54.1 Å². The van der Waals surface area contributed by atoms with Crippen molar-refractivity contribution in [2.24, 2.45) is 0 Å². The van der Waals surface area contributed by atoms with Gasteiger partial charge in [-0.2, -0.15) is 31.3 Å². The molecule has 1 aromatic carbocycles. The molecule has 0 saturated carbocycles. The average molecular weight is 578 g/mol. The summed E-state index contributed by atoms with van der Waals surface area (Å²) in [7, 11) is 0. The lowest BCUT2D eigenvalue weighted by Crippen LogP contribution is -2.37. The molecule has 206 valence electrons. The second-order valence-electron chi connectivity index (χ2n) is 8.57. The van der Waals surface area contributed by atoms with Crippen molar-refractivity contribution in [2.45, 2.75) is 30.6 Å². The van der Waals surface area contributed by atoms with E-state index in [2.05, 4.69) is 20.4 Å². The Labute approximate surface area is 217 Å². The van der Waals surface area contributed by atoms with Crippen molar-refractivity contribution in [3.63, 3.8) is 0 Å². The van der Waals surface area contributed by atoms with E-state index in [9.17, 15) is 41.4 Å². The molecule has 1 amide bonds. The van der Waals surface area contributed by atoms with Gasteiger partial charge in [0.2, 0.25) is 11.6 Å². The number of benzene rings is 1. The standard InChI is InChI=1S/C22H14ClF6N5O5/c23-13-4-10(21(24,25)26)6-34-7-14(31-17(13)34)16-32-18(39-33-16)9-1-2-15(12(3-9)22(27,28)29)38-8-11-5-20(36,37)19(35)30-11/h1-4,6-7,11,36-37H,5,8H2,(H,30,35)/t11-/m1/s1. The minimum Gasteiger partial charge on any atom is -0.491 e. The molecular weight excluding hydrogens is 564 g/mol. The second-order valence-corrected chi connectivity index (χ2v) is 8.97. The summed E-state index contributed by atoms with van der Waals surface area (Å²) in [6.07, 6.45) is -8.13. The summed E-state index contributed by atoms with van der Waals surface area (Å²) < 4.78 is 91.8. The van der Waals surface area contributed by atoms with E-state index in [1.165, 1.54) is 6.07 Å². The molecule has 0 aliphatic carbocycles. The van der Waals surface area contributed by atoms with Crippen LogP contribution in [0.15, 0.2) is 41.2 Å². The zero-order chi connectivity index (χ0) is 28.3. The molecule has 0 radical (unpaired) electrons. The van der Waals surface area contributed by atoms with Crippen LogP contribution in [0, 0.1) is 0 Å². The quantitative estimate of drug-likeness (QED) is 0.241. The highest BCUT2D eigenvalue weighted by Gasteiger charge is 2.44. The SMILES string of the molecule is O=C1N[C@@H](COc2ccc(-c3nc(-c4cn5cc(C(F)(F)F)cc(Cl)c5n4)no3)cc2C(F)(F)F)CC1(O)O. The summed E-state index contributed by atoms with van der Waals surface area (Å²) in [6, 6.07) is 2.60. The summed E-state index contributed by atoms with van der Waals surface area (Å²) in [4.78, 5) is 19.5. The molecule has 1 saturated heterocycles.